The van der Waals surface area contributed by atoms with E-state index in [0.717, 1.165) is 11.3 Å². The molecule has 0 spiro atoms. The van der Waals surface area contributed by atoms with E-state index in [-0.39, 0.29) is 0 Å². The lowest BCUT2D eigenvalue weighted by Crippen LogP contribution is -2.45. The van der Waals surface area contributed by atoms with E-state index < -0.39 is 11.8 Å². The summed E-state index contributed by atoms with van der Waals surface area (Å²) in [5, 5.41) is 0. The molecule has 112 valence electrons. The second-order valence-electron chi connectivity index (χ2n) is 4.68. The third-order valence-corrected chi connectivity index (χ3v) is 3.04. The predicted molar refractivity (Wildman–Crippen MR) is 86.2 cm³/mol. The van der Waals surface area contributed by atoms with Crippen molar-refractivity contribution in [2.24, 2.45) is 0 Å². The van der Waals surface area contributed by atoms with Gasteiger partial charge in [-0.05, 0) is 31.5 Å². The molecule has 1 rings (SSSR count). The summed E-state index contributed by atoms with van der Waals surface area (Å²) >= 11 is 0. The molecule has 0 aliphatic rings. The quantitative estimate of drug-likeness (QED) is 0.595. The number of hydrogen-bond acceptors (Lipinski definition) is 2. The summed E-state index contributed by atoms with van der Waals surface area (Å²) in [6, 6.07) is 7.54. The number of benzene rings is 1. The van der Waals surface area contributed by atoms with Crippen LogP contribution in [0.1, 0.15) is 12.5 Å². The van der Waals surface area contributed by atoms with E-state index in [0.29, 0.717) is 19.6 Å². The van der Waals surface area contributed by atoms with Gasteiger partial charge in [-0.15, -0.1) is 13.2 Å². The molecule has 4 heteroatoms. The van der Waals surface area contributed by atoms with Crippen LogP contribution in [0.5, 0.6) is 0 Å². The molecule has 0 N–H and O–H groups in total. The van der Waals surface area contributed by atoms with Crippen LogP contribution in [0.2, 0.25) is 0 Å². The van der Waals surface area contributed by atoms with Crippen molar-refractivity contribution in [2.45, 2.75) is 13.8 Å². The van der Waals surface area contributed by atoms with Crippen LogP contribution in [-0.2, 0) is 9.59 Å². The fraction of sp³-hybridized carbons (Fsp3) is 0.294. The molecule has 0 saturated heterocycles. The fourth-order valence-corrected chi connectivity index (χ4v) is 2.04. The van der Waals surface area contributed by atoms with Crippen LogP contribution in [0.15, 0.2) is 49.6 Å². The number of hydrogen-bond donors (Lipinski definition) is 0. The normalized spacial score (nSPS) is 9.81. The van der Waals surface area contributed by atoms with Crippen molar-refractivity contribution in [3.05, 3.63) is 55.1 Å². The van der Waals surface area contributed by atoms with Crippen LogP contribution >= 0.6 is 0 Å². The smallest absolute Gasteiger partial charge is 0.316 e. The Morgan fingerprint density at radius 1 is 1.14 bits per heavy atom. The standard InChI is InChI=1S/C17H22N2O2/c1-5-11-18(12-6-2)16(20)17(21)19(7-3)15-10-8-9-14(4)13-15/h5-6,8-10,13H,1-2,7,11-12H2,3-4H3. The number of carbonyl (C=O) groups excluding carboxylic acids is 2. The van der Waals surface area contributed by atoms with Gasteiger partial charge in [-0.3, -0.25) is 9.59 Å². The number of aryl methyl sites for hydroxylation is 1. The van der Waals surface area contributed by atoms with Crippen LogP contribution in [0, 0.1) is 6.92 Å². The molecule has 0 aliphatic carbocycles. The van der Waals surface area contributed by atoms with Crippen molar-refractivity contribution in [1.82, 2.24) is 4.90 Å². The Balaban J connectivity index is 2.99. The van der Waals surface area contributed by atoms with Crippen molar-refractivity contribution in [1.29, 1.82) is 0 Å². The fourth-order valence-electron chi connectivity index (χ4n) is 2.04. The monoisotopic (exact) mass is 286 g/mol. The molecule has 0 aromatic heterocycles. The molecule has 0 heterocycles. The van der Waals surface area contributed by atoms with E-state index in [1.807, 2.05) is 38.1 Å². The Morgan fingerprint density at radius 3 is 2.24 bits per heavy atom. The first-order valence-corrected chi connectivity index (χ1v) is 6.94. The lowest BCUT2D eigenvalue weighted by molar-refractivity contribution is -0.143. The minimum Gasteiger partial charge on any atom is -0.327 e. The first-order chi connectivity index (χ1) is 10.0. The summed E-state index contributed by atoms with van der Waals surface area (Å²) in [5.74, 6) is -1.08. The van der Waals surface area contributed by atoms with Crippen molar-refractivity contribution in [3.8, 4) is 0 Å². The van der Waals surface area contributed by atoms with Gasteiger partial charge in [-0.2, -0.15) is 0 Å². The third-order valence-electron chi connectivity index (χ3n) is 3.04. The van der Waals surface area contributed by atoms with Gasteiger partial charge in [0.15, 0.2) is 0 Å². The lowest BCUT2D eigenvalue weighted by atomic mass is 10.2. The Kier molecular flexibility index (Phi) is 6.40. The molecule has 0 bridgehead atoms. The van der Waals surface area contributed by atoms with Crippen molar-refractivity contribution >= 4 is 17.5 Å². The Morgan fingerprint density at radius 2 is 1.76 bits per heavy atom. The van der Waals surface area contributed by atoms with Crippen molar-refractivity contribution < 1.29 is 9.59 Å². The summed E-state index contributed by atoms with van der Waals surface area (Å²) in [6.45, 7) is 12.1. The van der Waals surface area contributed by atoms with Crippen molar-refractivity contribution in [3.63, 3.8) is 0 Å². The Labute approximate surface area is 126 Å². The van der Waals surface area contributed by atoms with E-state index in [1.165, 1.54) is 9.80 Å². The van der Waals surface area contributed by atoms with Crippen LogP contribution in [0.3, 0.4) is 0 Å². The summed E-state index contributed by atoms with van der Waals surface area (Å²) in [7, 11) is 0. The molecule has 0 atom stereocenters. The molecule has 0 fully saturated rings. The van der Waals surface area contributed by atoms with E-state index in [9.17, 15) is 9.59 Å². The molecular weight excluding hydrogens is 264 g/mol. The average molecular weight is 286 g/mol. The Bertz CT molecular complexity index is 527. The highest BCUT2D eigenvalue weighted by atomic mass is 16.2. The summed E-state index contributed by atoms with van der Waals surface area (Å²) in [5.41, 5.74) is 1.77. The molecule has 0 radical (unpaired) electrons. The van der Waals surface area contributed by atoms with Crippen LogP contribution < -0.4 is 4.90 Å². The van der Waals surface area contributed by atoms with E-state index in [1.54, 1.807) is 12.2 Å². The van der Waals surface area contributed by atoms with Crippen LogP contribution in [-0.4, -0.2) is 36.3 Å². The number of carbonyl (C=O) groups is 2. The van der Waals surface area contributed by atoms with Gasteiger partial charge in [-0.25, -0.2) is 0 Å². The maximum Gasteiger partial charge on any atom is 0.316 e. The number of likely N-dealkylation sites (N-methyl/N-ethyl adjacent to an activating group) is 1. The number of amides is 2. The maximum atomic E-state index is 12.4. The van der Waals surface area contributed by atoms with Gasteiger partial charge < -0.3 is 9.80 Å². The van der Waals surface area contributed by atoms with Gasteiger partial charge in [-0.1, -0.05) is 24.3 Å². The lowest BCUT2D eigenvalue weighted by Gasteiger charge is -2.25. The second-order valence-corrected chi connectivity index (χ2v) is 4.68. The minimum absolute atomic E-state index is 0.321. The first kappa shape index (κ1) is 16.7. The molecule has 0 saturated carbocycles. The zero-order valence-electron chi connectivity index (χ0n) is 12.7. The zero-order chi connectivity index (χ0) is 15.8. The van der Waals surface area contributed by atoms with E-state index in [2.05, 4.69) is 13.2 Å². The van der Waals surface area contributed by atoms with E-state index in [4.69, 9.17) is 0 Å². The molecule has 0 unspecified atom stereocenters. The van der Waals surface area contributed by atoms with Crippen LogP contribution in [0.4, 0.5) is 5.69 Å². The maximum absolute atomic E-state index is 12.4. The van der Waals surface area contributed by atoms with Gasteiger partial charge in [0, 0.05) is 25.3 Å². The van der Waals surface area contributed by atoms with Gasteiger partial charge in [0.2, 0.25) is 0 Å². The number of nitrogens with zero attached hydrogens (tertiary/aromatic N) is 2. The summed E-state index contributed by atoms with van der Waals surface area (Å²) in [6.07, 6.45) is 3.19. The molecular formula is C17H22N2O2. The first-order valence-electron chi connectivity index (χ1n) is 6.94. The van der Waals surface area contributed by atoms with Gasteiger partial charge in [0.25, 0.3) is 0 Å². The molecule has 21 heavy (non-hydrogen) atoms. The van der Waals surface area contributed by atoms with Gasteiger partial charge >= 0.3 is 11.8 Å². The highest BCUT2D eigenvalue weighted by Crippen LogP contribution is 2.16. The second kappa shape index (κ2) is 8.04. The van der Waals surface area contributed by atoms with E-state index >= 15 is 0 Å². The molecule has 1 aromatic carbocycles. The van der Waals surface area contributed by atoms with Crippen LogP contribution in [0.25, 0.3) is 0 Å². The molecule has 4 nitrogen and oxygen atoms in total. The topological polar surface area (TPSA) is 40.6 Å². The van der Waals surface area contributed by atoms with Crippen molar-refractivity contribution in [2.75, 3.05) is 24.5 Å². The molecule has 0 aliphatic heterocycles. The van der Waals surface area contributed by atoms with Gasteiger partial charge in [0.05, 0.1) is 0 Å². The molecule has 1 aromatic rings. The number of rotatable bonds is 6. The SMILES string of the molecule is C=CCN(CC=C)C(=O)C(=O)N(CC)c1cccc(C)c1. The largest absolute Gasteiger partial charge is 0.327 e. The van der Waals surface area contributed by atoms with Gasteiger partial charge in [0.1, 0.15) is 0 Å². The molecule has 2 amide bonds. The minimum atomic E-state index is -0.543. The predicted octanol–water partition coefficient (Wildman–Crippen LogP) is 2.55. The highest BCUT2D eigenvalue weighted by molar-refractivity contribution is 6.40. The third kappa shape index (κ3) is 4.31. The highest BCUT2D eigenvalue weighted by Gasteiger charge is 2.26. The Hall–Kier alpha value is -2.36. The summed E-state index contributed by atoms with van der Waals surface area (Å²) in [4.78, 5) is 27.7. The summed E-state index contributed by atoms with van der Waals surface area (Å²) < 4.78 is 0. The zero-order valence-corrected chi connectivity index (χ0v) is 12.7. The average Bonchev–Trinajstić information content (AvgIpc) is 2.47. The number of anilines is 1.